The highest BCUT2D eigenvalue weighted by atomic mass is 32.1. The molecular weight excluding hydrogens is 609 g/mol. The first-order valence-corrected chi connectivity index (χ1v) is 17.9. The van der Waals surface area contributed by atoms with E-state index in [9.17, 15) is 0 Å². The molecule has 0 saturated carbocycles. The Morgan fingerprint density at radius 3 is 1.43 bits per heavy atom. The van der Waals surface area contributed by atoms with Gasteiger partial charge in [-0.3, -0.25) is 0 Å². The molecule has 1 heterocycles. The summed E-state index contributed by atoms with van der Waals surface area (Å²) in [5.41, 5.74) is 15.3. The van der Waals surface area contributed by atoms with E-state index in [2.05, 4.69) is 173 Å². The van der Waals surface area contributed by atoms with Crippen LogP contribution in [0, 0.1) is 27.7 Å². The molecule has 0 atom stereocenters. The normalized spacial score (nSPS) is 11.7. The molecule has 9 aromatic rings. The van der Waals surface area contributed by atoms with E-state index in [1.165, 1.54) is 109 Å². The van der Waals surface area contributed by atoms with Crippen molar-refractivity contribution >= 4 is 43.7 Å². The van der Waals surface area contributed by atoms with Crippen molar-refractivity contribution in [3.8, 4) is 54.3 Å². The summed E-state index contributed by atoms with van der Waals surface area (Å²) in [7, 11) is 0. The molecule has 0 aliphatic carbocycles. The highest BCUT2D eigenvalue weighted by Crippen LogP contribution is 2.53. The highest BCUT2D eigenvalue weighted by molar-refractivity contribution is 7.20. The molecule has 0 amide bonds. The minimum atomic E-state index is 1.26. The SMILES string of the molecule is Cc1cccc(-c2sc(-c3ccc(-c4ccc5ccc6cccc7ccc4c5c67)c(C)c3)c(-c3cccc(C)c3)c2-c2cccc(C)c2)c1. The molecule has 49 heavy (non-hydrogen) atoms. The third-order valence-corrected chi connectivity index (χ3v) is 11.4. The van der Waals surface area contributed by atoms with E-state index in [0.29, 0.717) is 0 Å². The molecule has 8 aromatic carbocycles. The first-order chi connectivity index (χ1) is 23.9. The standard InChI is InChI=1S/C48H36S/c1-29-9-5-14-36(25-29)45-46(37-15-6-10-30(2)26-37)48(49-47(45)38-16-7-11-31(3)27-38)39-21-22-40(32(4)28-39)41-23-19-35-18-17-33-12-8-13-34-20-24-42(41)44(35)43(33)34/h5-28H,1-4H3. The number of hydrogen-bond donors (Lipinski definition) is 0. The first-order valence-electron chi connectivity index (χ1n) is 17.1. The van der Waals surface area contributed by atoms with Crippen molar-refractivity contribution in [2.24, 2.45) is 0 Å². The van der Waals surface area contributed by atoms with E-state index in [1.54, 1.807) is 0 Å². The van der Waals surface area contributed by atoms with Gasteiger partial charge >= 0.3 is 0 Å². The van der Waals surface area contributed by atoms with Crippen LogP contribution in [-0.2, 0) is 0 Å². The monoisotopic (exact) mass is 644 g/mol. The lowest BCUT2D eigenvalue weighted by atomic mass is 9.87. The maximum Gasteiger partial charge on any atom is 0.0434 e. The predicted octanol–water partition coefficient (Wildman–Crippen LogP) is 14.2. The highest BCUT2D eigenvalue weighted by Gasteiger charge is 2.24. The van der Waals surface area contributed by atoms with E-state index >= 15 is 0 Å². The van der Waals surface area contributed by atoms with Crippen molar-refractivity contribution in [1.29, 1.82) is 0 Å². The van der Waals surface area contributed by atoms with Gasteiger partial charge in [-0.25, -0.2) is 0 Å². The van der Waals surface area contributed by atoms with Gasteiger partial charge in [0.1, 0.15) is 0 Å². The van der Waals surface area contributed by atoms with Crippen LogP contribution in [0.2, 0.25) is 0 Å². The maximum atomic E-state index is 2.42. The van der Waals surface area contributed by atoms with Crippen LogP contribution in [-0.4, -0.2) is 0 Å². The first kappa shape index (κ1) is 29.6. The van der Waals surface area contributed by atoms with Gasteiger partial charge in [0.05, 0.1) is 0 Å². The zero-order valence-corrected chi connectivity index (χ0v) is 29.1. The van der Waals surface area contributed by atoms with Gasteiger partial charge in [0.2, 0.25) is 0 Å². The summed E-state index contributed by atoms with van der Waals surface area (Å²) < 4.78 is 0. The Balaban J connectivity index is 1.29. The molecule has 0 aliphatic heterocycles. The topological polar surface area (TPSA) is 0 Å². The van der Waals surface area contributed by atoms with Gasteiger partial charge < -0.3 is 0 Å². The molecule has 0 nitrogen and oxygen atoms in total. The molecule has 0 fully saturated rings. The Morgan fingerprint density at radius 2 is 0.837 bits per heavy atom. The second-order valence-electron chi connectivity index (χ2n) is 13.6. The zero-order chi connectivity index (χ0) is 33.2. The van der Waals surface area contributed by atoms with Gasteiger partial charge in [-0.2, -0.15) is 0 Å². The Kier molecular flexibility index (Phi) is 7.00. The molecule has 1 heteroatoms. The Morgan fingerprint density at radius 1 is 0.367 bits per heavy atom. The number of thiophene rings is 1. The lowest BCUT2D eigenvalue weighted by molar-refractivity contribution is 1.45. The van der Waals surface area contributed by atoms with Crippen molar-refractivity contribution in [2.75, 3.05) is 0 Å². The molecule has 0 N–H and O–H groups in total. The molecule has 9 rings (SSSR count). The van der Waals surface area contributed by atoms with Crippen molar-refractivity contribution in [3.05, 3.63) is 168 Å². The van der Waals surface area contributed by atoms with Crippen LogP contribution < -0.4 is 0 Å². The fourth-order valence-corrected chi connectivity index (χ4v) is 9.19. The average molecular weight is 645 g/mol. The second kappa shape index (κ2) is 11.6. The fourth-order valence-electron chi connectivity index (χ4n) is 7.85. The third-order valence-electron chi connectivity index (χ3n) is 10.1. The van der Waals surface area contributed by atoms with Crippen LogP contribution in [0.5, 0.6) is 0 Å². The summed E-state index contributed by atoms with van der Waals surface area (Å²) in [5.74, 6) is 0. The summed E-state index contributed by atoms with van der Waals surface area (Å²) in [6.45, 7) is 8.85. The molecule has 1 aromatic heterocycles. The molecule has 0 bridgehead atoms. The van der Waals surface area contributed by atoms with Crippen LogP contribution in [0.4, 0.5) is 0 Å². The van der Waals surface area contributed by atoms with Crippen molar-refractivity contribution < 1.29 is 0 Å². The van der Waals surface area contributed by atoms with Gasteiger partial charge in [0, 0.05) is 20.9 Å². The lowest BCUT2D eigenvalue weighted by Crippen LogP contribution is -1.90. The maximum absolute atomic E-state index is 2.42. The van der Waals surface area contributed by atoms with Gasteiger partial charge in [0.15, 0.2) is 0 Å². The van der Waals surface area contributed by atoms with Crippen molar-refractivity contribution in [3.63, 3.8) is 0 Å². The average Bonchev–Trinajstić information content (AvgIpc) is 3.52. The van der Waals surface area contributed by atoms with Crippen LogP contribution in [0.15, 0.2) is 146 Å². The van der Waals surface area contributed by atoms with E-state index < -0.39 is 0 Å². The van der Waals surface area contributed by atoms with Crippen molar-refractivity contribution in [2.45, 2.75) is 27.7 Å². The zero-order valence-electron chi connectivity index (χ0n) is 28.3. The van der Waals surface area contributed by atoms with E-state index in [-0.39, 0.29) is 0 Å². The van der Waals surface area contributed by atoms with Gasteiger partial charge in [-0.1, -0.05) is 156 Å². The second-order valence-corrected chi connectivity index (χ2v) is 14.6. The van der Waals surface area contributed by atoms with Crippen LogP contribution in [0.25, 0.3) is 86.6 Å². The summed E-state index contributed by atoms with van der Waals surface area (Å²) in [6, 6.07) is 54.5. The van der Waals surface area contributed by atoms with Gasteiger partial charge in [-0.05, 0) is 105 Å². The molecule has 0 aliphatic rings. The molecule has 0 saturated heterocycles. The largest absolute Gasteiger partial charge is 0.134 e. The summed E-state index contributed by atoms with van der Waals surface area (Å²) in [6.07, 6.45) is 0. The Labute approximate surface area is 292 Å². The minimum Gasteiger partial charge on any atom is -0.134 e. The van der Waals surface area contributed by atoms with Crippen molar-refractivity contribution in [1.82, 2.24) is 0 Å². The van der Waals surface area contributed by atoms with Gasteiger partial charge in [-0.15, -0.1) is 11.3 Å². The molecule has 0 unspecified atom stereocenters. The molecule has 0 radical (unpaired) electrons. The minimum absolute atomic E-state index is 1.26. The Hall–Kier alpha value is -5.50. The predicted molar refractivity (Wildman–Crippen MR) is 214 cm³/mol. The fraction of sp³-hybridized carbons (Fsp3) is 0.0833. The third kappa shape index (κ3) is 4.96. The molecule has 0 spiro atoms. The number of rotatable bonds is 5. The van der Waals surface area contributed by atoms with Crippen LogP contribution in [0.1, 0.15) is 22.3 Å². The van der Waals surface area contributed by atoms with Crippen LogP contribution >= 0.6 is 11.3 Å². The number of aryl methyl sites for hydroxylation is 4. The van der Waals surface area contributed by atoms with E-state index in [4.69, 9.17) is 0 Å². The number of hydrogen-bond acceptors (Lipinski definition) is 1. The van der Waals surface area contributed by atoms with Gasteiger partial charge in [0.25, 0.3) is 0 Å². The summed E-state index contributed by atoms with van der Waals surface area (Å²) in [5, 5.41) is 7.94. The van der Waals surface area contributed by atoms with E-state index in [1.807, 2.05) is 11.3 Å². The summed E-state index contributed by atoms with van der Waals surface area (Å²) in [4.78, 5) is 2.62. The van der Waals surface area contributed by atoms with E-state index in [0.717, 1.165) is 0 Å². The molecular formula is C48H36S. The Bertz CT molecular complexity index is 2690. The quantitative estimate of drug-likeness (QED) is 0.164. The smallest absolute Gasteiger partial charge is 0.0434 e. The number of benzene rings is 8. The molecule has 234 valence electrons. The van der Waals surface area contributed by atoms with Crippen LogP contribution in [0.3, 0.4) is 0 Å². The lowest BCUT2D eigenvalue weighted by Gasteiger charge is -2.16. The summed E-state index contributed by atoms with van der Waals surface area (Å²) >= 11 is 1.92.